The van der Waals surface area contributed by atoms with Crippen molar-refractivity contribution in [3.8, 4) is 5.75 Å². The molecule has 1 rings (SSSR count). The van der Waals surface area contributed by atoms with Crippen molar-refractivity contribution in [2.75, 3.05) is 65.9 Å². The molecule has 0 heterocycles. The Bertz CT molecular complexity index is 481. The van der Waals surface area contributed by atoms with E-state index in [0.717, 1.165) is 19.6 Å². The number of carbonyl (C=O) groups excluding carboxylic acids is 1. The average molecular weight is 369 g/mol. The molecule has 0 aliphatic heterocycles. The fourth-order valence-corrected chi connectivity index (χ4v) is 2.27. The van der Waals surface area contributed by atoms with Gasteiger partial charge in [0.25, 0.3) is 5.91 Å². The SMILES string of the molecule is CCN(CC)CCNC(=O)c1ccc(OCCOCCOCC[18F])cc1. The minimum Gasteiger partial charge on any atom is -0.491 e. The molecule has 0 aromatic heterocycles. The Morgan fingerprint density at radius 1 is 1.00 bits per heavy atom. The van der Waals surface area contributed by atoms with Gasteiger partial charge in [-0.1, -0.05) is 13.8 Å². The van der Waals surface area contributed by atoms with Gasteiger partial charge in [-0.05, 0) is 37.4 Å². The Kier molecular flexibility index (Phi) is 12.4. The Balaban J connectivity index is 2.19. The summed E-state index contributed by atoms with van der Waals surface area (Å²) in [6.07, 6.45) is 0. The third-order valence-electron chi connectivity index (χ3n) is 3.81. The van der Waals surface area contributed by atoms with Crippen LogP contribution in [0.4, 0.5) is 4.39 Å². The molecule has 1 amide bonds. The summed E-state index contributed by atoms with van der Waals surface area (Å²) in [4.78, 5) is 14.4. The molecule has 0 aliphatic rings. The van der Waals surface area contributed by atoms with Crippen molar-refractivity contribution in [2.45, 2.75) is 13.8 Å². The number of carbonyl (C=O) groups is 1. The second-order valence-electron chi connectivity index (χ2n) is 5.57. The highest BCUT2D eigenvalue weighted by molar-refractivity contribution is 5.94. The molecule has 1 aromatic rings. The van der Waals surface area contributed by atoms with Crippen LogP contribution in [-0.2, 0) is 9.47 Å². The summed E-state index contributed by atoms with van der Waals surface area (Å²) >= 11 is 0. The second-order valence-corrected chi connectivity index (χ2v) is 5.57. The van der Waals surface area contributed by atoms with Crippen LogP contribution >= 0.6 is 0 Å². The number of benzene rings is 1. The Morgan fingerprint density at radius 2 is 1.62 bits per heavy atom. The maximum atomic E-state index is 12.1. The minimum absolute atomic E-state index is 0.0830. The molecule has 7 heteroatoms. The first-order valence-corrected chi connectivity index (χ1v) is 9.16. The number of amides is 1. The highest BCUT2D eigenvalue weighted by atomic mass is 18.2. The summed E-state index contributed by atoms with van der Waals surface area (Å²) in [5, 5.41) is 2.92. The van der Waals surface area contributed by atoms with Crippen LogP contribution in [0.2, 0.25) is 0 Å². The molecule has 0 saturated carbocycles. The lowest BCUT2D eigenvalue weighted by Crippen LogP contribution is -2.34. The number of nitrogens with one attached hydrogen (secondary N) is 1. The van der Waals surface area contributed by atoms with Crippen molar-refractivity contribution in [1.82, 2.24) is 10.2 Å². The summed E-state index contributed by atoms with van der Waals surface area (Å²) in [5.74, 6) is 0.599. The van der Waals surface area contributed by atoms with Crippen LogP contribution in [0.15, 0.2) is 24.3 Å². The van der Waals surface area contributed by atoms with Crippen molar-refractivity contribution in [3.05, 3.63) is 29.8 Å². The zero-order chi connectivity index (χ0) is 19.0. The monoisotopic (exact) mass is 369 g/mol. The standard InChI is InChI=1S/C19H31FN2O4/c1-3-22(4-2)11-10-21-19(23)17-5-7-18(8-6-17)26-16-15-25-14-13-24-12-9-20/h5-8H,3-4,9-16H2,1-2H3,(H,21,23)/i20-1. The number of ether oxygens (including phenoxy) is 3. The van der Waals surface area contributed by atoms with Gasteiger partial charge in [-0.3, -0.25) is 4.79 Å². The molecule has 0 unspecified atom stereocenters. The normalized spacial score (nSPS) is 10.9. The first-order chi connectivity index (χ1) is 12.7. The van der Waals surface area contributed by atoms with E-state index >= 15 is 0 Å². The van der Waals surface area contributed by atoms with Crippen molar-refractivity contribution >= 4 is 5.91 Å². The number of likely N-dealkylation sites (N-methyl/N-ethyl adjacent to an activating group) is 1. The summed E-state index contributed by atoms with van der Waals surface area (Å²) in [5.41, 5.74) is 0.609. The van der Waals surface area contributed by atoms with Crippen molar-refractivity contribution < 1.29 is 23.4 Å². The Labute approximate surface area is 155 Å². The van der Waals surface area contributed by atoms with Gasteiger partial charge in [-0.15, -0.1) is 0 Å². The fraction of sp³-hybridized carbons (Fsp3) is 0.632. The highest BCUT2D eigenvalue weighted by Gasteiger charge is 2.06. The van der Waals surface area contributed by atoms with Crippen molar-refractivity contribution in [1.29, 1.82) is 0 Å². The number of halogens is 1. The molecule has 0 aliphatic carbocycles. The quantitative estimate of drug-likeness (QED) is 0.480. The average Bonchev–Trinajstić information content (AvgIpc) is 2.67. The molecule has 1 N–H and O–H groups in total. The lowest BCUT2D eigenvalue weighted by atomic mass is 10.2. The summed E-state index contributed by atoms with van der Waals surface area (Å²) in [7, 11) is 0. The van der Waals surface area contributed by atoms with E-state index in [9.17, 15) is 9.18 Å². The zero-order valence-corrected chi connectivity index (χ0v) is 15.8. The van der Waals surface area contributed by atoms with E-state index in [1.807, 2.05) is 0 Å². The van der Waals surface area contributed by atoms with Crippen LogP contribution in [0.1, 0.15) is 24.2 Å². The van der Waals surface area contributed by atoms with Crippen molar-refractivity contribution in [2.24, 2.45) is 0 Å². The van der Waals surface area contributed by atoms with Gasteiger partial charge in [0.1, 0.15) is 19.0 Å². The molecule has 0 fully saturated rings. The molecular formula is C19H31FN2O4. The van der Waals surface area contributed by atoms with Crippen LogP contribution in [-0.4, -0.2) is 76.7 Å². The number of rotatable bonds is 15. The van der Waals surface area contributed by atoms with Crippen LogP contribution in [0, 0.1) is 0 Å². The van der Waals surface area contributed by atoms with E-state index in [1.165, 1.54) is 0 Å². The first-order valence-electron chi connectivity index (χ1n) is 9.16. The van der Waals surface area contributed by atoms with Gasteiger partial charge in [0.2, 0.25) is 0 Å². The Hall–Kier alpha value is -1.70. The van der Waals surface area contributed by atoms with Gasteiger partial charge in [-0.25, -0.2) is 4.39 Å². The van der Waals surface area contributed by atoms with Gasteiger partial charge < -0.3 is 24.4 Å². The number of hydrogen-bond acceptors (Lipinski definition) is 5. The van der Waals surface area contributed by atoms with Gasteiger partial charge in [-0.2, -0.15) is 0 Å². The van der Waals surface area contributed by atoms with Crippen LogP contribution in [0.25, 0.3) is 0 Å². The smallest absolute Gasteiger partial charge is 0.251 e. The first kappa shape index (κ1) is 22.3. The molecule has 148 valence electrons. The van der Waals surface area contributed by atoms with E-state index in [2.05, 4.69) is 24.1 Å². The van der Waals surface area contributed by atoms with Crippen LogP contribution in [0.3, 0.4) is 0 Å². The number of nitrogens with zero attached hydrogens (tertiary/aromatic N) is 1. The van der Waals surface area contributed by atoms with Gasteiger partial charge >= 0.3 is 0 Å². The third-order valence-corrected chi connectivity index (χ3v) is 3.81. The number of alkyl halides is 1. The molecule has 0 bridgehead atoms. The van der Waals surface area contributed by atoms with Crippen LogP contribution in [0.5, 0.6) is 5.75 Å². The van der Waals surface area contributed by atoms with Crippen LogP contribution < -0.4 is 10.1 Å². The molecular weight excluding hydrogens is 338 g/mol. The molecule has 26 heavy (non-hydrogen) atoms. The van der Waals surface area contributed by atoms with Gasteiger partial charge in [0.05, 0.1) is 26.4 Å². The summed E-state index contributed by atoms with van der Waals surface area (Å²) in [6, 6.07) is 7.02. The highest BCUT2D eigenvalue weighted by Crippen LogP contribution is 2.12. The molecule has 0 radical (unpaired) electrons. The zero-order valence-electron chi connectivity index (χ0n) is 15.8. The molecule has 6 nitrogen and oxygen atoms in total. The summed E-state index contributed by atoms with van der Waals surface area (Å²) in [6.45, 7) is 8.89. The maximum Gasteiger partial charge on any atom is 0.251 e. The minimum atomic E-state index is -0.479. The fourth-order valence-electron chi connectivity index (χ4n) is 2.27. The predicted molar refractivity (Wildman–Crippen MR) is 99.7 cm³/mol. The third kappa shape index (κ3) is 9.70. The van der Waals surface area contributed by atoms with E-state index < -0.39 is 6.67 Å². The second kappa shape index (κ2) is 14.5. The lowest BCUT2D eigenvalue weighted by molar-refractivity contribution is 0.0325. The summed E-state index contributed by atoms with van der Waals surface area (Å²) < 4.78 is 27.6. The van der Waals surface area contributed by atoms with Crippen molar-refractivity contribution in [3.63, 3.8) is 0 Å². The molecule has 1 aromatic carbocycles. The Morgan fingerprint density at radius 3 is 2.23 bits per heavy atom. The lowest BCUT2D eigenvalue weighted by Gasteiger charge is -2.17. The molecule has 0 atom stereocenters. The topological polar surface area (TPSA) is 60.0 Å². The molecule has 0 saturated heterocycles. The van der Waals surface area contributed by atoms with Gasteiger partial charge in [0, 0.05) is 18.7 Å². The van der Waals surface area contributed by atoms with Gasteiger partial charge in [0.15, 0.2) is 0 Å². The van der Waals surface area contributed by atoms with E-state index in [0.29, 0.717) is 44.3 Å². The van der Waals surface area contributed by atoms with E-state index in [-0.39, 0.29) is 12.5 Å². The van der Waals surface area contributed by atoms with E-state index in [1.54, 1.807) is 24.3 Å². The predicted octanol–water partition coefficient (Wildman–Crippen LogP) is 2.14. The largest absolute Gasteiger partial charge is 0.491 e. The number of hydrogen-bond donors (Lipinski definition) is 1. The molecule has 0 spiro atoms. The van der Waals surface area contributed by atoms with E-state index in [4.69, 9.17) is 14.2 Å². The maximum absolute atomic E-state index is 12.1.